The van der Waals surface area contributed by atoms with E-state index >= 15 is 0 Å². The third-order valence-electron chi connectivity index (χ3n) is 3.69. The topological polar surface area (TPSA) is 57.0 Å². The molecule has 5 nitrogen and oxygen atoms in total. The van der Waals surface area contributed by atoms with E-state index in [4.69, 9.17) is 4.74 Å². The number of hydrogen-bond donors (Lipinski definition) is 0. The van der Waals surface area contributed by atoms with Gasteiger partial charge >= 0.3 is 6.09 Å². The number of rotatable bonds is 3. The molecule has 0 atom stereocenters. The molecule has 0 aromatic carbocycles. The van der Waals surface area contributed by atoms with Crippen LogP contribution in [-0.4, -0.2) is 26.5 Å². The number of ether oxygens (including phenoxy) is 1. The molecule has 0 N–H and O–H groups in total. The molecule has 2 heterocycles. The summed E-state index contributed by atoms with van der Waals surface area (Å²) in [7, 11) is 0. The predicted octanol–water partition coefficient (Wildman–Crippen LogP) is 4.68. The van der Waals surface area contributed by atoms with Gasteiger partial charge in [0.1, 0.15) is 11.3 Å². The molecule has 1 fully saturated rings. The maximum atomic E-state index is 13.9. The van der Waals surface area contributed by atoms with Gasteiger partial charge in [0.05, 0.1) is 11.9 Å². The maximum Gasteiger partial charge on any atom is 0.435 e. The highest BCUT2D eigenvalue weighted by Gasteiger charge is 2.31. The van der Waals surface area contributed by atoms with Gasteiger partial charge in [-0.2, -0.15) is 9.78 Å². The second kappa shape index (κ2) is 6.16. The molecule has 0 unspecified atom stereocenters. The van der Waals surface area contributed by atoms with Gasteiger partial charge in [-0.25, -0.2) is 22.9 Å². The molecule has 1 saturated carbocycles. The number of carbonyl (C=O) groups is 1. The predicted molar refractivity (Wildman–Crippen MR) is 84.0 cm³/mol. The smallest absolute Gasteiger partial charge is 0.435 e. The van der Waals surface area contributed by atoms with E-state index < -0.39 is 29.6 Å². The molecule has 0 amide bonds. The minimum Gasteiger partial charge on any atom is -0.442 e. The molecule has 3 rings (SSSR count). The molecule has 0 bridgehead atoms. The van der Waals surface area contributed by atoms with Crippen LogP contribution in [0.1, 0.15) is 57.2 Å². The van der Waals surface area contributed by atoms with Crippen LogP contribution in [0.2, 0.25) is 0 Å². The largest absolute Gasteiger partial charge is 0.442 e. The van der Waals surface area contributed by atoms with Crippen LogP contribution in [0.4, 0.5) is 18.0 Å². The first kappa shape index (κ1) is 17.4. The van der Waals surface area contributed by atoms with Crippen LogP contribution in [0.3, 0.4) is 0 Å². The quantitative estimate of drug-likeness (QED) is 0.804. The van der Waals surface area contributed by atoms with Gasteiger partial charge in [0, 0.05) is 11.8 Å². The average molecular weight is 353 g/mol. The molecule has 2 aromatic rings. The van der Waals surface area contributed by atoms with Gasteiger partial charge in [-0.3, -0.25) is 0 Å². The summed E-state index contributed by atoms with van der Waals surface area (Å²) in [4.78, 5) is 15.9. The van der Waals surface area contributed by atoms with Crippen LogP contribution >= 0.6 is 0 Å². The van der Waals surface area contributed by atoms with Crippen LogP contribution in [0.15, 0.2) is 18.5 Å². The van der Waals surface area contributed by atoms with Gasteiger partial charge in [-0.15, -0.1) is 0 Å². The Bertz CT molecular complexity index is 808. The van der Waals surface area contributed by atoms with Gasteiger partial charge in [0.25, 0.3) is 6.43 Å². The first-order valence-corrected chi connectivity index (χ1v) is 7.92. The summed E-state index contributed by atoms with van der Waals surface area (Å²) in [5.41, 5.74) is -0.432. The van der Waals surface area contributed by atoms with E-state index in [1.54, 1.807) is 20.8 Å². The molecule has 25 heavy (non-hydrogen) atoms. The Morgan fingerprint density at radius 2 is 2.04 bits per heavy atom. The molecule has 1 aliphatic carbocycles. The third-order valence-corrected chi connectivity index (χ3v) is 3.69. The lowest BCUT2D eigenvalue weighted by Gasteiger charge is -2.18. The Balaban J connectivity index is 1.99. The van der Waals surface area contributed by atoms with Crippen molar-refractivity contribution in [1.29, 1.82) is 0 Å². The zero-order valence-electron chi connectivity index (χ0n) is 14.1. The van der Waals surface area contributed by atoms with Crippen molar-refractivity contribution in [2.24, 2.45) is 0 Å². The highest BCUT2D eigenvalue weighted by atomic mass is 19.3. The lowest BCUT2D eigenvalue weighted by Crippen LogP contribution is -2.27. The average Bonchev–Trinajstić information content (AvgIpc) is 3.21. The zero-order chi connectivity index (χ0) is 18.4. The molecule has 2 aromatic heterocycles. The summed E-state index contributed by atoms with van der Waals surface area (Å²) in [5.74, 6) is -0.922. The van der Waals surface area contributed by atoms with E-state index in [9.17, 15) is 18.0 Å². The summed E-state index contributed by atoms with van der Waals surface area (Å²) in [6.45, 7) is 5.16. The summed E-state index contributed by atoms with van der Waals surface area (Å²) in [5, 5.41) is 3.92. The van der Waals surface area contributed by atoms with Crippen LogP contribution < -0.4 is 0 Å². The number of pyridine rings is 1. The van der Waals surface area contributed by atoms with Gasteiger partial charge in [-0.1, -0.05) is 0 Å². The summed E-state index contributed by atoms with van der Waals surface area (Å²) < 4.78 is 46.0. The lowest BCUT2D eigenvalue weighted by molar-refractivity contribution is 0.0514. The molecule has 0 radical (unpaired) electrons. The number of hydrogen-bond acceptors (Lipinski definition) is 4. The fourth-order valence-electron chi connectivity index (χ4n) is 2.46. The third kappa shape index (κ3) is 3.83. The molecular weight excluding hydrogens is 335 g/mol. The number of halogens is 3. The Morgan fingerprint density at radius 1 is 1.36 bits per heavy atom. The van der Waals surface area contributed by atoms with Crippen molar-refractivity contribution in [3.8, 4) is 11.3 Å². The molecular formula is C17H18F3N3O2. The van der Waals surface area contributed by atoms with Crippen molar-refractivity contribution in [2.45, 2.75) is 51.6 Å². The molecule has 8 heteroatoms. The van der Waals surface area contributed by atoms with Crippen molar-refractivity contribution in [1.82, 2.24) is 14.8 Å². The summed E-state index contributed by atoms with van der Waals surface area (Å²) in [6.07, 6.45) is 0.682. The number of alkyl halides is 2. The van der Waals surface area contributed by atoms with E-state index in [-0.39, 0.29) is 11.6 Å². The fraction of sp³-hybridized carbons (Fsp3) is 0.471. The van der Waals surface area contributed by atoms with E-state index in [0.717, 1.165) is 23.6 Å². The Labute approximate surface area is 142 Å². The van der Waals surface area contributed by atoms with Crippen molar-refractivity contribution in [3.05, 3.63) is 35.5 Å². The van der Waals surface area contributed by atoms with Crippen LogP contribution in [0, 0.1) is 5.82 Å². The second-order valence-electron chi connectivity index (χ2n) is 7.02. The van der Waals surface area contributed by atoms with Crippen molar-refractivity contribution in [2.75, 3.05) is 0 Å². The Morgan fingerprint density at radius 3 is 2.60 bits per heavy atom. The minimum atomic E-state index is -3.02. The highest BCUT2D eigenvalue weighted by Crippen LogP contribution is 2.44. The van der Waals surface area contributed by atoms with Gasteiger partial charge in [0.2, 0.25) is 0 Å². The van der Waals surface area contributed by atoms with E-state index in [1.807, 2.05) is 0 Å². The monoisotopic (exact) mass is 353 g/mol. The maximum absolute atomic E-state index is 13.9. The number of nitrogens with zero attached hydrogens (tertiary/aromatic N) is 3. The SMILES string of the molecule is CC(C)(C)OC(=O)n1cc(-c2nc(C(F)F)c(F)cc2C2CC2)cn1. The van der Waals surface area contributed by atoms with Gasteiger partial charge in [0.15, 0.2) is 5.82 Å². The summed E-state index contributed by atoms with van der Waals surface area (Å²) >= 11 is 0. The summed E-state index contributed by atoms with van der Waals surface area (Å²) in [6, 6.07) is 1.12. The fourth-order valence-corrected chi connectivity index (χ4v) is 2.46. The molecule has 0 aliphatic heterocycles. The van der Waals surface area contributed by atoms with Crippen molar-refractivity contribution < 1.29 is 22.7 Å². The molecule has 134 valence electrons. The Kier molecular flexibility index (Phi) is 4.30. The molecule has 0 spiro atoms. The van der Waals surface area contributed by atoms with Crippen LogP contribution in [-0.2, 0) is 4.74 Å². The number of carbonyl (C=O) groups excluding carboxylic acids is 1. The standard InChI is InChI=1S/C17H18F3N3O2/c1-17(2,3)25-16(24)23-8-10(7-21-23)13-11(9-4-5-9)6-12(18)14(22-13)15(19)20/h6-9,15H,4-5H2,1-3H3. The highest BCUT2D eigenvalue weighted by molar-refractivity contribution is 5.73. The van der Waals surface area contributed by atoms with E-state index in [1.165, 1.54) is 12.4 Å². The van der Waals surface area contributed by atoms with E-state index in [0.29, 0.717) is 11.1 Å². The first-order chi connectivity index (χ1) is 11.7. The Hall–Kier alpha value is -2.38. The first-order valence-electron chi connectivity index (χ1n) is 7.92. The zero-order valence-corrected chi connectivity index (χ0v) is 14.1. The van der Waals surface area contributed by atoms with Crippen molar-refractivity contribution >= 4 is 6.09 Å². The number of aromatic nitrogens is 3. The molecule has 1 aliphatic rings. The van der Waals surface area contributed by atoms with Crippen LogP contribution in [0.5, 0.6) is 0 Å². The van der Waals surface area contributed by atoms with Crippen molar-refractivity contribution in [3.63, 3.8) is 0 Å². The normalized spacial score (nSPS) is 14.8. The van der Waals surface area contributed by atoms with Crippen LogP contribution in [0.25, 0.3) is 11.3 Å². The minimum absolute atomic E-state index is 0.0913. The van der Waals surface area contributed by atoms with E-state index in [2.05, 4.69) is 10.1 Å². The molecule has 0 saturated heterocycles. The second-order valence-corrected chi connectivity index (χ2v) is 7.02. The van der Waals surface area contributed by atoms with Gasteiger partial charge < -0.3 is 4.74 Å². The lowest BCUT2D eigenvalue weighted by atomic mass is 10.0. The van der Waals surface area contributed by atoms with Gasteiger partial charge in [-0.05, 0) is 51.2 Å².